The standard InChI is InChI=1S/C31H37ClFN5O5/c1-19(39)16-38(17-29(41)43-31(2,3)4)12-6-9-28(40)37-26-14-22-25(15-27(26)42-21-7-5-8-21)34-18-35-30(22)36-20-10-11-24(33)23(32)13-20/h6,9-11,13-15,18-19,21,39H,5,7-8,12,16-17H2,1-4H3,(H,37,40)(H,34,35,36)/t19-/m0/s1. The van der Waals surface area contributed by atoms with Gasteiger partial charge in [-0.1, -0.05) is 17.7 Å². The van der Waals surface area contributed by atoms with E-state index in [2.05, 4.69) is 20.6 Å². The minimum Gasteiger partial charge on any atom is -0.488 e. The number of nitrogens with one attached hydrogen (secondary N) is 2. The number of esters is 1. The predicted molar refractivity (Wildman–Crippen MR) is 164 cm³/mol. The van der Waals surface area contributed by atoms with Gasteiger partial charge in [0.05, 0.1) is 35.0 Å². The number of aliphatic hydroxyl groups is 1. The van der Waals surface area contributed by atoms with Gasteiger partial charge >= 0.3 is 5.97 Å². The zero-order valence-corrected chi connectivity index (χ0v) is 25.4. The van der Waals surface area contributed by atoms with Crippen LogP contribution < -0.4 is 15.4 Å². The van der Waals surface area contributed by atoms with E-state index in [9.17, 15) is 19.1 Å². The SMILES string of the molecule is C[C@H](O)CN(CC=CC(=O)Nc1cc2c(Nc3ccc(F)c(Cl)c3)ncnc2cc1OC1CCC1)CC(=O)OC(C)(C)C. The molecule has 1 heterocycles. The van der Waals surface area contributed by atoms with Crippen LogP contribution in [0.1, 0.15) is 47.0 Å². The number of amides is 1. The summed E-state index contributed by atoms with van der Waals surface area (Å²) in [5.41, 5.74) is 0.917. The molecule has 1 aliphatic carbocycles. The summed E-state index contributed by atoms with van der Waals surface area (Å²) >= 11 is 5.95. The molecule has 230 valence electrons. The molecular formula is C31H37ClFN5O5. The molecule has 1 saturated carbocycles. The summed E-state index contributed by atoms with van der Waals surface area (Å²) < 4.78 is 25.2. The monoisotopic (exact) mass is 613 g/mol. The molecule has 0 aliphatic heterocycles. The quantitative estimate of drug-likeness (QED) is 0.176. The molecule has 1 atom stereocenters. The Morgan fingerprint density at radius 3 is 2.65 bits per heavy atom. The van der Waals surface area contributed by atoms with Gasteiger partial charge in [0.25, 0.3) is 0 Å². The third kappa shape index (κ3) is 9.60. The zero-order valence-electron chi connectivity index (χ0n) is 24.7. The van der Waals surface area contributed by atoms with Crippen LogP contribution in [0.2, 0.25) is 5.02 Å². The van der Waals surface area contributed by atoms with Crippen LogP contribution in [0.15, 0.2) is 48.8 Å². The molecule has 0 unspecified atom stereocenters. The van der Waals surface area contributed by atoms with E-state index < -0.39 is 29.4 Å². The maximum absolute atomic E-state index is 13.7. The number of benzene rings is 2. The Morgan fingerprint density at radius 2 is 2.00 bits per heavy atom. The Kier molecular flexibility index (Phi) is 10.5. The molecule has 3 aromatic rings. The number of carbonyl (C=O) groups is 2. The fraction of sp³-hybridized carbons (Fsp3) is 0.419. The van der Waals surface area contributed by atoms with Crippen molar-refractivity contribution in [3.05, 3.63) is 59.7 Å². The van der Waals surface area contributed by atoms with Gasteiger partial charge in [-0.25, -0.2) is 14.4 Å². The lowest BCUT2D eigenvalue weighted by Crippen LogP contribution is -2.38. The van der Waals surface area contributed by atoms with Gasteiger partial charge in [0, 0.05) is 36.3 Å². The lowest BCUT2D eigenvalue weighted by Gasteiger charge is -2.27. The topological polar surface area (TPSA) is 126 Å². The second-order valence-electron chi connectivity index (χ2n) is 11.5. The van der Waals surface area contributed by atoms with Crippen LogP contribution in [0.3, 0.4) is 0 Å². The smallest absolute Gasteiger partial charge is 0.320 e. The molecule has 0 spiro atoms. The van der Waals surface area contributed by atoms with Gasteiger partial charge in [-0.2, -0.15) is 0 Å². The largest absolute Gasteiger partial charge is 0.488 e. The number of anilines is 3. The number of fused-ring (bicyclic) bond motifs is 1. The van der Waals surface area contributed by atoms with Gasteiger partial charge in [-0.15, -0.1) is 0 Å². The number of hydrogen-bond donors (Lipinski definition) is 3. The van der Waals surface area contributed by atoms with E-state index in [4.69, 9.17) is 21.1 Å². The van der Waals surface area contributed by atoms with E-state index in [1.54, 1.807) is 56.9 Å². The summed E-state index contributed by atoms with van der Waals surface area (Å²) in [6.45, 7) is 7.41. The first-order valence-electron chi connectivity index (χ1n) is 14.1. The number of aliphatic hydroxyl groups excluding tert-OH is 1. The average molecular weight is 614 g/mol. The molecular weight excluding hydrogens is 577 g/mol. The summed E-state index contributed by atoms with van der Waals surface area (Å²) in [7, 11) is 0. The minimum atomic E-state index is -0.676. The van der Waals surface area contributed by atoms with Crippen molar-refractivity contribution in [1.82, 2.24) is 14.9 Å². The summed E-state index contributed by atoms with van der Waals surface area (Å²) in [6, 6.07) is 7.73. The lowest BCUT2D eigenvalue weighted by molar-refractivity contribution is -0.156. The third-order valence-electron chi connectivity index (χ3n) is 6.45. The Labute approximate surface area is 255 Å². The molecule has 1 amide bonds. The molecule has 2 aromatic carbocycles. The number of hydrogen-bond acceptors (Lipinski definition) is 9. The first kappa shape index (κ1) is 32.1. The fourth-order valence-electron chi connectivity index (χ4n) is 4.37. The number of nitrogens with zero attached hydrogens (tertiary/aromatic N) is 3. The fourth-order valence-corrected chi connectivity index (χ4v) is 4.55. The molecule has 10 nitrogen and oxygen atoms in total. The molecule has 1 fully saturated rings. The van der Waals surface area contributed by atoms with Gasteiger partial charge in [-0.3, -0.25) is 14.5 Å². The summed E-state index contributed by atoms with van der Waals surface area (Å²) in [5.74, 6) is -0.452. The molecule has 1 aliphatic rings. The Bertz CT molecular complexity index is 1490. The van der Waals surface area contributed by atoms with Crippen molar-refractivity contribution in [2.24, 2.45) is 0 Å². The van der Waals surface area contributed by atoms with Crippen LogP contribution >= 0.6 is 11.6 Å². The lowest BCUT2D eigenvalue weighted by atomic mass is 9.96. The van der Waals surface area contributed by atoms with E-state index in [1.807, 2.05) is 0 Å². The van der Waals surface area contributed by atoms with Crippen molar-refractivity contribution >= 4 is 51.6 Å². The highest BCUT2D eigenvalue weighted by molar-refractivity contribution is 6.31. The van der Waals surface area contributed by atoms with Gasteiger partial charge in [0.2, 0.25) is 5.91 Å². The number of carbonyl (C=O) groups excluding carboxylic acids is 2. The first-order valence-corrected chi connectivity index (χ1v) is 14.5. The van der Waals surface area contributed by atoms with E-state index in [-0.39, 0.29) is 30.8 Å². The molecule has 0 radical (unpaired) electrons. The average Bonchev–Trinajstić information content (AvgIpc) is 2.87. The third-order valence-corrected chi connectivity index (χ3v) is 6.74. The first-order chi connectivity index (χ1) is 20.4. The predicted octanol–water partition coefficient (Wildman–Crippen LogP) is 5.62. The van der Waals surface area contributed by atoms with E-state index in [0.717, 1.165) is 19.3 Å². The van der Waals surface area contributed by atoms with Crippen LogP contribution in [0, 0.1) is 5.82 Å². The van der Waals surface area contributed by atoms with Crippen molar-refractivity contribution in [3.8, 4) is 5.75 Å². The number of ether oxygens (including phenoxy) is 2. The van der Waals surface area contributed by atoms with Crippen molar-refractivity contribution in [2.75, 3.05) is 30.3 Å². The highest BCUT2D eigenvalue weighted by Gasteiger charge is 2.23. The number of rotatable bonds is 12. The second-order valence-corrected chi connectivity index (χ2v) is 11.9. The normalized spacial score (nSPS) is 14.5. The molecule has 0 bridgehead atoms. The maximum Gasteiger partial charge on any atom is 0.320 e. The van der Waals surface area contributed by atoms with Gasteiger partial charge < -0.3 is 25.2 Å². The van der Waals surface area contributed by atoms with Crippen LogP contribution in [0.4, 0.5) is 21.6 Å². The van der Waals surface area contributed by atoms with Crippen LogP contribution in [-0.4, -0.2) is 69.3 Å². The molecule has 4 rings (SSSR count). The maximum atomic E-state index is 13.7. The van der Waals surface area contributed by atoms with Crippen molar-refractivity contribution < 1.29 is 28.6 Å². The van der Waals surface area contributed by atoms with E-state index in [0.29, 0.717) is 33.8 Å². The Hall–Kier alpha value is -3.80. The Morgan fingerprint density at radius 1 is 1.23 bits per heavy atom. The summed E-state index contributed by atoms with van der Waals surface area (Å²) in [5, 5.41) is 16.5. The second kappa shape index (κ2) is 14.1. The van der Waals surface area contributed by atoms with E-state index >= 15 is 0 Å². The highest BCUT2D eigenvalue weighted by Crippen LogP contribution is 2.36. The minimum absolute atomic E-state index is 0.0302. The van der Waals surface area contributed by atoms with Gasteiger partial charge in [0.1, 0.15) is 29.3 Å². The van der Waals surface area contributed by atoms with Crippen LogP contribution in [0.5, 0.6) is 5.75 Å². The molecule has 0 saturated heterocycles. The molecule has 3 N–H and O–H groups in total. The number of aromatic nitrogens is 2. The van der Waals surface area contributed by atoms with Crippen LogP contribution in [-0.2, 0) is 14.3 Å². The molecule has 43 heavy (non-hydrogen) atoms. The zero-order chi connectivity index (χ0) is 31.1. The highest BCUT2D eigenvalue weighted by atomic mass is 35.5. The summed E-state index contributed by atoms with van der Waals surface area (Å²) in [4.78, 5) is 35.8. The number of halogens is 2. The van der Waals surface area contributed by atoms with Gasteiger partial charge in [-0.05, 0) is 71.2 Å². The van der Waals surface area contributed by atoms with Crippen LogP contribution in [0.25, 0.3) is 10.9 Å². The molecule has 1 aromatic heterocycles. The van der Waals surface area contributed by atoms with Gasteiger partial charge in [0.15, 0.2) is 0 Å². The van der Waals surface area contributed by atoms with Crippen molar-refractivity contribution in [1.29, 1.82) is 0 Å². The van der Waals surface area contributed by atoms with Crippen molar-refractivity contribution in [2.45, 2.75) is 64.8 Å². The molecule has 12 heteroatoms. The summed E-state index contributed by atoms with van der Waals surface area (Å²) in [6.07, 6.45) is 6.67. The van der Waals surface area contributed by atoms with E-state index in [1.165, 1.54) is 24.5 Å². The van der Waals surface area contributed by atoms with Crippen molar-refractivity contribution in [3.63, 3.8) is 0 Å². The Balaban J connectivity index is 1.53.